The maximum absolute atomic E-state index is 12.1. The molecule has 0 amide bonds. The highest BCUT2D eigenvalue weighted by Gasteiger charge is 2.29. The largest absolute Gasteiger partial charge is 0.366 e. The molecule has 0 saturated heterocycles. The maximum atomic E-state index is 12.1. The Morgan fingerprint density at radius 2 is 2.10 bits per heavy atom. The smallest absolute Gasteiger partial charge is 0.339 e. The van der Waals surface area contributed by atoms with Crippen molar-refractivity contribution in [3.05, 3.63) is 27.2 Å². The molecule has 0 saturated carbocycles. The minimum absolute atomic E-state index is 0.00152. The molecule has 8 heteroatoms. The molecule has 2 aromatic heterocycles. The van der Waals surface area contributed by atoms with Gasteiger partial charge in [-0.3, -0.25) is 9.36 Å². The van der Waals surface area contributed by atoms with Crippen molar-refractivity contribution in [2.75, 3.05) is 0 Å². The van der Waals surface area contributed by atoms with Gasteiger partial charge in [-0.25, -0.2) is 14.6 Å². The summed E-state index contributed by atoms with van der Waals surface area (Å²) in [6.45, 7) is 5.27. The predicted molar refractivity (Wildman–Crippen MR) is 71.3 cm³/mol. The number of H-pyrrole nitrogens is 1. The molecule has 0 spiro atoms. The van der Waals surface area contributed by atoms with Crippen LogP contribution in [0.5, 0.6) is 0 Å². The van der Waals surface area contributed by atoms with Crippen LogP contribution in [0.4, 0.5) is 0 Å². The number of carbonyl (C=O) groups excluding carboxylic acids is 1. The van der Waals surface area contributed by atoms with E-state index in [0.29, 0.717) is 6.42 Å². The Labute approximate surface area is 114 Å². The normalized spacial score (nSPS) is 11.8. The summed E-state index contributed by atoms with van der Waals surface area (Å²) in [5, 5.41) is 0. The summed E-state index contributed by atoms with van der Waals surface area (Å²) in [6, 6.07) is 0. The van der Waals surface area contributed by atoms with E-state index in [1.54, 1.807) is 13.8 Å². The second kappa shape index (κ2) is 4.62. The molecule has 0 bridgehead atoms. The number of imidazole rings is 1. The van der Waals surface area contributed by atoms with Gasteiger partial charge in [-0.1, -0.05) is 11.7 Å². The van der Waals surface area contributed by atoms with Gasteiger partial charge in [0.1, 0.15) is 0 Å². The van der Waals surface area contributed by atoms with Crippen LogP contribution in [0.3, 0.4) is 0 Å². The van der Waals surface area contributed by atoms with Crippen LogP contribution < -0.4 is 16.1 Å². The van der Waals surface area contributed by atoms with E-state index in [9.17, 15) is 14.4 Å². The number of nitrogens with zero attached hydrogens (tertiary/aromatic N) is 3. The molecule has 0 aromatic carbocycles. The van der Waals surface area contributed by atoms with Gasteiger partial charge in [-0.15, -0.1) is 0 Å². The molecule has 0 atom stereocenters. The lowest BCUT2D eigenvalue weighted by atomic mass is 9.91. The van der Waals surface area contributed by atoms with Crippen LogP contribution >= 0.6 is 0 Å². The highest BCUT2D eigenvalue weighted by atomic mass is 16.7. The second-order valence-electron chi connectivity index (χ2n) is 5.16. The monoisotopic (exact) mass is 280 g/mol. The van der Waals surface area contributed by atoms with Crippen molar-refractivity contribution >= 4 is 17.1 Å². The molecule has 2 rings (SSSR count). The number of aromatic nitrogens is 4. The molecule has 2 aromatic rings. The highest BCUT2D eigenvalue weighted by molar-refractivity contribution is 5.77. The van der Waals surface area contributed by atoms with Crippen LogP contribution in [0, 0.1) is 5.41 Å². The molecule has 0 aliphatic carbocycles. The van der Waals surface area contributed by atoms with Crippen molar-refractivity contribution in [1.82, 2.24) is 19.3 Å². The Bertz CT molecular complexity index is 781. The third-order valence-corrected chi connectivity index (χ3v) is 3.40. The summed E-state index contributed by atoms with van der Waals surface area (Å²) < 4.78 is 1.60. The SMILES string of the molecule is CCC(C)(C)C(=O)On1c(=O)n(C)c(=O)c2[nH]cnc21. The van der Waals surface area contributed by atoms with Crippen molar-refractivity contribution in [1.29, 1.82) is 0 Å². The summed E-state index contributed by atoms with van der Waals surface area (Å²) in [6.07, 6.45) is 1.82. The van der Waals surface area contributed by atoms with E-state index in [2.05, 4.69) is 9.97 Å². The second-order valence-corrected chi connectivity index (χ2v) is 5.16. The first-order chi connectivity index (χ1) is 9.29. The van der Waals surface area contributed by atoms with Gasteiger partial charge >= 0.3 is 11.7 Å². The Morgan fingerprint density at radius 1 is 1.45 bits per heavy atom. The van der Waals surface area contributed by atoms with Gasteiger partial charge in [0.25, 0.3) is 5.56 Å². The highest BCUT2D eigenvalue weighted by Crippen LogP contribution is 2.20. The molecule has 8 nitrogen and oxygen atoms in total. The number of fused-ring (bicyclic) bond motifs is 1. The zero-order chi connectivity index (χ0) is 15.1. The fourth-order valence-electron chi connectivity index (χ4n) is 1.51. The lowest BCUT2D eigenvalue weighted by Crippen LogP contribution is -2.44. The molecule has 20 heavy (non-hydrogen) atoms. The van der Waals surface area contributed by atoms with Gasteiger partial charge in [-0.05, 0) is 20.3 Å². The Kier molecular flexibility index (Phi) is 3.24. The average molecular weight is 280 g/mol. The van der Waals surface area contributed by atoms with E-state index >= 15 is 0 Å². The van der Waals surface area contributed by atoms with E-state index in [0.717, 1.165) is 9.30 Å². The molecule has 0 radical (unpaired) electrons. The first-order valence-corrected chi connectivity index (χ1v) is 6.17. The Morgan fingerprint density at radius 3 is 2.70 bits per heavy atom. The maximum Gasteiger partial charge on any atom is 0.366 e. The van der Waals surface area contributed by atoms with Crippen LogP contribution in [-0.4, -0.2) is 25.2 Å². The molecular formula is C12H16N4O4. The summed E-state index contributed by atoms with van der Waals surface area (Å²) >= 11 is 0. The van der Waals surface area contributed by atoms with Crippen molar-refractivity contribution in [2.24, 2.45) is 12.5 Å². The summed E-state index contributed by atoms with van der Waals surface area (Å²) in [5.74, 6) is -0.565. The Hall–Kier alpha value is -2.38. The molecule has 0 fully saturated rings. The number of hydrogen-bond acceptors (Lipinski definition) is 5. The number of nitrogens with one attached hydrogen (secondary N) is 1. The average Bonchev–Trinajstić information content (AvgIpc) is 2.90. The van der Waals surface area contributed by atoms with Crippen LogP contribution in [0.15, 0.2) is 15.9 Å². The van der Waals surface area contributed by atoms with Crippen LogP contribution in [0.25, 0.3) is 11.2 Å². The number of carbonyl (C=O) groups is 1. The van der Waals surface area contributed by atoms with Gasteiger partial charge in [0.15, 0.2) is 5.52 Å². The van der Waals surface area contributed by atoms with Gasteiger partial charge in [0, 0.05) is 7.05 Å². The zero-order valence-corrected chi connectivity index (χ0v) is 11.8. The molecule has 0 unspecified atom stereocenters. The molecule has 0 aliphatic heterocycles. The van der Waals surface area contributed by atoms with E-state index in [4.69, 9.17) is 4.84 Å². The topological polar surface area (TPSA) is 99.0 Å². The fourth-order valence-corrected chi connectivity index (χ4v) is 1.51. The molecule has 108 valence electrons. The minimum Gasteiger partial charge on any atom is -0.339 e. The van der Waals surface area contributed by atoms with Crippen molar-refractivity contribution in [3.63, 3.8) is 0 Å². The lowest BCUT2D eigenvalue weighted by Gasteiger charge is -2.20. The van der Waals surface area contributed by atoms with Gasteiger partial charge in [0.2, 0.25) is 5.65 Å². The van der Waals surface area contributed by atoms with E-state index in [-0.39, 0.29) is 11.2 Å². The van der Waals surface area contributed by atoms with E-state index in [1.807, 2.05) is 6.92 Å². The minimum atomic E-state index is -0.755. The Balaban J connectivity index is 2.62. The van der Waals surface area contributed by atoms with Crippen molar-refractivity contribution in [3.8, 4) is 0 Å². The quantitative estimate of drug-likeness (QED) is 0.840. The fraction of sp³-hybridized carbons (Fsp3) is 0.500. The number of rotatable bonds is 3. The number of hydrogen-bond donors (Lipinski definition) is 1. The van der Waals surface area contributed by atoms with Crippen LogP contribution in [-0.2, 0) is 11.8 Å². The first-order valence-electron chi connectivity index (χ1n) is 6.17. The van der Waals surface area contributed by atoms with Crippen LogP contribution in [0.2, 0.25) is 0 Å². The molecule has 0 aliphatic rings. The lowest BCUT2D eigenvalue weighted by molar-refractivity contribution is -0.154. The standard InChI is InChI=1S/C12H16N4O4/c1-5-12(2,3)10(18)20-16-8-7(13-6-14-8)9(17)15(4)11(16)19/h6H,5H2,1-4H3,(H,13,14). The number of aromatic amines is 1. The summed E-state index contributed by atoms with van der Waals surface area (Å²) in [7, 11) is 1.31. The van der Waals surface area contributed by atoms with Crippen LogP contribution in [0.1, 0.15) is 27.2 Å². The summed E-state index contributed by atoms with van der Waals surface area (Å²) in [4.78, 5) is 47.6. The van der Waals surface area contributed by atoms with E-state index in [1.165, 1.54) is 13.4 Å². The summed E-state index contributed by atoms with van der Waals surface area (Å²) in [5.41, 5.74) is -1.91. The zero-order valence-electron chi connectivity index (χ0n) is 11.8. The third-order valence-electron chi connectivity index (χ3n) is 3.40. The molecular weight excluding hydrogens is 264 g/mol. The van der Waals surface area contributed by atoms with Gasteiger partial charge in [0.05, 0.1) is 11.7 Å². The van der Waals surface area contributed by atoms with Crippen molar-refractivity contribution < 1.29 is 9.63 Å². The van der Waals surface area contributed by atoms with Crippen molar-refractivity contribution in [2.45, 2.75) is 27.2 Å². The van der Waals surface area contributed by atoms with Gasteiger partial charge < -0.3 is 9.82 Å². The first kappa shape index (κ1) is 14.0. The van der Waals surface area contributed by atoms with E-state index < -0.39 is 22.6 Å². The molecule has 1 N–H and O–H groups in total. The third kappa shape index (κ3) is 2.02. The predicted octanol–water partition coefficient (Wildman–Crippen LogP) is -0.185. The van der Waals surface area contributed by atoms with Gasteiger partial charge in [-0.2, -0.15) is 0 Å². The molecule has 2 heterocycles.